The molecular weight excluding hydrogens is 440 g/mol. The molecule has 2 aliphatic carbocycles. The van der Waals surface area contributed by atoms with E-state index in [9.17, 15) is 13.2 Å². The number of aromatic nitrogens is 4. The first-order valence-corrected chi connectivity index (χ1v) is 12.8. The van der Waals surface area contributed by atoms with E-state index in [4.69, 9.17) is 4.74 Å². The van der Waals surface area contributed by atoms with Gasteiger partial charge in [-0.1, -0.05) is 6.07 Å². The maximum Gasteiger partial charge on any atom is 0.329 e. The van der Waals surface area contributed by atoms with E-state index in [-0.39, 0.29) is 22.7 Å². The number of hydrogen-bond donors (Lipinski definition) is 0. The van der Waals surface area contributed by atoms with E-state index < -0.39 is 9.84 Å². The maximum absolute atomic E-state index is 12.9. The summed E-state index contributed by atoms with van der Waals surface area (Å²) in [6, 6.07) is 7.98. The van der Waals surface area contributed by atoms with E-state index in [0.29, 0.717) is 11.4 Å². The van der Waals surface area contributed by atoms with Gasteiger partial charge in [-0.05, 0) is 49.4 Å². The van der Waals surface area contributed by atoms with Crippen molar-refractivity contribution >= 4 is 31.8 Å². The third-order valence-electron chi connectivity index (χ3n) is 6.67. The molecule has 0 radical (unpaired) electrons. The predicted octanol–water partition coefficient (Wildman–Crippen LogP) is 3.37. The minimum absolute atomic E-state index is 0.0223. The van der Waals surface area contributed by atoms with Crippen LogP contribution in [0.4, 0.5) is 0 Å². The second kappa shape index (κ2) is 7.15. The van der Waals surface area contributed by atoms with Crippen LogP contribution in [0.5, 0.6) is 5.88 Å². The lowest BCUT2D eigenvalue weighted by Gasteiger charge is -2.11. The van der Waals surface area contributed by atoms with Crippen molar-refractivity contribution in [2.75, 3.05) is 7.11 Å². The Morgan fingerprint density at radius 2 is 1.85 bits per heavy atom. The highest BCUT2D eigenvalue weighted by Gasteiger charge is 2.36. The Hall–Kier alpha value is -3.20. The normalized spacial score (nSPS) is 16.5. The fourth-order valence-electron chi connectivity index (χ4n) is 4.58. The summed E-state index contributed by atoms with van der Waals surface area (Å²) in [5.74, 6) is 0.250. The van der Waals surface area contributed by atoms with Crippen LogP contribution in [-0.4, -0.2) is 39.9 Å². The number of pyridine rings is 2. The summed E-state index contributed by atoms with van der Waals surface area (Å²) in [6.45, 7) is 0. The average Bonchev–Trinajstić information content (AvgIpc) is 3.71. The molecule has 6 rings (SSSR count). The number of imidazole rings is 1. The van der Waals surface area contributed by atoms with Gasteiger partial charge < -0.3 is 4.74 Å². The van der Waals surface area contributed by atoms with Crippen LogP contribution in [-0.2, 0) is 22.6 Å². The molecular formula is C24H24N4O4S. The minimum Gasteiger partial charge on any atom is -0.481 e. The monoisotopic (exact) mass is 464 g/mol. The molecule has 0 saturated heterocycles. The molecule has 8 nitrogen and oxygen atoms in total. The lowest BCUT2D eigenvalue weighted by atomic mass is 10.0. The smallest absolute Gasteiger partial charge is 0.329 e. The highest BCUT2D eigenvalue weighted by atomic mass is 32.2. The molecule has 33 heavy (non-hydrogen) atoms. The molecule has 9 heteroatoms. The minimum atomic E-state index is -3.22. The molecule has 0 N–H and O–H groups in total. The number of benzene rings is 1. The Balaban J connectivity index is 1.52. The molecule has 0 spiro atoms. The molecule has 3 aromatic heterocycles. The molecule has 0 aliphatic heterocycles. The van der Waals surface area contributed by atoms with Gasteiger partial charge in [0.05, 0.1) is 40.9 Å². The molecule has 3 heterocycles. The van der Waals surface area contributed by atoms with Crippen LogP contribution in [0.25, 0.3) is 33.1 Å². The van der Waals surface area contributed by atoms with Crippen LogP contribution in [0, 0.1) is 0 Å². The summed E-state index contributed by atoms with van der Waals surface area (Å²) >= 11 is 0. The Morgan fingerprint density at radius 1 is 1.06 bits per heavy atom. The molecule has 170 valence electrons. The van der Waals surface area contributed by atoms with Gasteiger partial charge in [-0.2, -0.15) is 0 Å². The number of aryl methyl sites for hydroxylation is 1. The average molecular weight is 465 g/mol. The molecule has 0 bridgehead atoms. The Morgan fingerprint density at radius 3 is 2.55 bits per heavy atom. The van der Waals surface area contributed by atoms with E-state index >= 15 is 0 Å². The third-order valence-corrected chi connectivity index (χ3v) is 8.87. The number of fused-ring (bicyclic) bond motifs is 3. The summed E-state index contributed by atoms with van der Waals surface area (Å²) in [7, 11) is 0.0627. The fraction of sp³-hybridized carbons (Fsp3) is 0.375. The van der Waals surface area contributed by atoms with Crippen LogP contribution in [0.2, 0.25) is 0 Å². The fourth-order valence-corrected chi connectivity index (χ4v) is 6.31. The van der Waals surface area contributed by atoms with Crippen molar-refractivity contribution in [3.63, 3.8) is 0 Å². The molecule has 2 saturated carbocycles. The molecule has 1 aromatic carbocycles. The van der Waals surface area contributed by atoms with E-state index in [2.05, 4.69) is 9.97 Å². The Labute approximate surface area is 190 Å². The molecule has 4 aromatic rings. The van der Waals surface area contributed by atoms with Gasteiger partial charge in [0.25, 0.3) is 0 Å². The van der Waals surface area contributed by atoms with Crippen molar-refractivity contribution in [3.05, 3.63) is 52.7 Å². The van der Waals surface area contributed by atoms with Gasteiger partial charge in [0.1, 0.15) is 0 Å². The molecule has 0 unspecified atom stereocenters. The Bertz CT molecular complexity index is 1590. The molecule has 2 aliphatic rings. The van der Waals surface area contributed by atoms with Gasteiger partial charge in [-0.15, -0.1) is 0 Å². The van der Waals surface area contributed by atoms with Crippen molar-refractivity contribution < 1.29 is 13.2 Å². The largest absolute Gasteiger partial charge is 0.481 e. The topological polar surface area (TPSA) is 96.1 Å². The summed E-state index contributed by atoms with van der Waals surface area (Å²) in [5.41, 5.74) is 4.74. The summed E-state index contributed by atoms with van der Waals surface area (Å²) in [4.78, 5) is 21.9. The zero-order valence-electron chi connectivity index (χ0n) is 18.5. The number of hydrogen-bond acceptors (Lipinski definition) is 6. The Kier molecular flexibility index (Phi) is 4.42. The van der Waals surface area contributed by atoms with Crippen LogP contribution in [0.15, 0.2) is 41.5 Å². The van der Waals surface area contributed by atoms with Crippen LogP contribution < -0.4 is 10.4 Å². The lowest BCUT2D eigenvalue weighted by molar-refractivity contribution is 0.394. The standard InChI is InChI=1S/C24H24N4O4S/c1-27-21-12-25-20-8-3-14(10-19(20)22(21)28(24(27)29)17-4-5-17)15-9-16(23(32-2)26-11-15)13-33(30,31)18-6-7-18/h3,8-12,17-18H,4-7,13H2,1-2H3. The maximum atomic E-state index is 12.9. The first kappa shape index (κ1) is 20.4. The molecule has 0 atom stereocenters. The zero-order valence-corrected chi connectivity index (χ0v) is 19.3. The van der Waals surface area contributed by atoms with Crippen molar-refractivity contribution in [2.45, 2.75) is 42.7 Å². The van der Waals surface area contributed by atoms with Crippen LogP contribution >= 0.6 is 0 Å². The van der Waals surface area contributed by atoms with E-state index in [1.807, 2.05) is 28.8 Å². The zero-order chi connectivity index (χ0) is 22.9. The van der Waals surface area contributed by atoms with Crippen LogP contribution in [0.3, 0.4) is 0 Å². The van der Waals surface area contributed by atoms with Gasteiger partial charge in [-0.25, -0.2) is 18.2 Å². The number of ether oxygens (including phenoxy) is 1. The second-order valence-corrected chi connectivity index (χ2v) is 11.3. The number of rotatable bonds is 6. The number of sulfone groups is 1. The second-order valence-electron chi connectivity index (χ2n) is 9.07. The predicted molar refractivity (Wildman–Crippen MR) is 126 cm³/mol. The van der Waals surface area contributed by atoms with E-state index in [1.165, 1.54) is 7.11 Å². The number of nitrogens with zero attached hydrogens (tertiary/aromatic N) is 4. The van der Waals surface area contributed by atoms with Crippen molar-refractivity contribution in [1.29, 1.82) is 0 Å². The van der Waals surface area contributed by atoms with Crippen molar-refractivity contribution in [1.82, 2.24) is 19.1 Å². The summed E-state index contributed by atoms with van der Waals surface area (Å²) in [6.07, 6.45) is 6.91. The quantitative estimate of drug-likeness (QED) is 0.434. The summed E-state index contributed by atoms with van der Waals surface area (Å²) in [5, 5.41) is 0.653. The number of methoxy groups -OCH3 is 1. The van der Waals surface area contributed by atoms with Gasteiger partial charge in [0.15, 0.2) is 9.84 Å². The highest BCUT2D eigenvalue weighted by Crippen LogP contribution is 2.39. The van der Waals surface area contributed by atoms with Crippen LogP contribution in [0.1, 0.15) is 37.3 Å². The lowest BCUT2D eigenvalue weighted by Crippen LogP contribution is -2.21. The van der Waals surface area contributed by atoms with Gasteiger partial charge >= 0.3 is 5.69 Å². The van der Waals surface area contributed by atoms with Gasteiger partial charge in [0, 0.05) is 35.8 Å². The van der Waals surface area contributed by atoms with E-state index in [0.717, 1.165) is 58.7 Å². The highest BCUT2D eigenvalue weighted by molar-refractivity contribution is 7.91. The summed E-state index contributed by atoms with van der Waals surface area (Å²) < 4.78 is 34.1. The van der Waals surface area contributed by atoms with E-state index in [1.54, 1.807) is 24.0 Å². The SMILES string of the molecule is COc1ncc(-c2ccc3ncc4c(c3c2)n(C2CC2)c(=O)n4C)cc1CS(=O)(=O)C1CC1. The van der Waals surface area contributed by atoms with Gasteiger partial charge in [-0.3, -0.25) is 14.1 Å². The van der Waals surface area contributed by atoms with Gasteiger partial charge in [0.2, 0.25) is 5.88 Å². The third kappa shape index (κ3) is 3.33. The first-order chi connectivity index (χ1) is 15.9. The van der Waals surface area contributed by atoms with Crippen molar-refractivity contribution in [2.24, 2.45) is 7.05 Å². The van der Waals surface area contributed by atoms with Crippen molar-refractivity contribution in [3.8, 4) is 17.0 Å². The molecule has 0 amide bonds. The first-order valence-electron chi connectivity index (χ1n) is 11.1. The molecule has 2 fully saturated rings.